The molecule has 0 spiro atoms. The predicted octanol–water partition coefficient (Wildman–Crippen LogP) is 2.87. The van der Waals surface area contributed by atoms with Crippen LogP contribution in [0.5, 0.6) is 0 Å². The SMILES string of the molecule is CCN(C)C(C(=O)N1CCN(S(=O)(=O)c2cccc(Cl)c2)CC1)c1ccccc1. The van der Waals surface area contributed by atoms with E-state index in [1.165, 1.54) is 10.4 Å². The number of carbonyl (C=O) groups is 1. The first-order valence-corrected chi connectivity index (χ1v) is 11.5. The molecule has 0 radical (unpaired) electrons. The molecular weight excluding hydrogens is 410 g/mol. The summed E-state index contributed by atoms with van der Waals surface area (Å²) in [5, 5.41) is 0.383. The number of likely N-dealkylation sites (N-methyl/N-ethyl adjacent to an activating group) is 1. The van der Waals surface area contributed by atoms with E-state index in [4.69, 9.17) is 11.6 Å². The van der Waals surface area contributed by atoms with Gasteiger partial charge in [-0.1, -0.05) is 54.9 Å². The Morgan fingerprint density at radius 3 is 2.31 bits per heavy atom. The maximum absolute atomic E-state index is 13.3. The van der Waals surface area contributed by atoms with Gasteiger partial charge in [0, 0.05) is 31.2 Å². The molecule has 3 rings (SSSR count). The fraction of sp³-hybridized carbons (Fsp3) is 0.381. The molecule has 0 bridgehead atoms. The van der Waals surface area contributed by atoms with Gasteiger partial charge in [-0.2, -0.15) is 4.31 Å². The number of rotatable bonds is 6. The standard InChI is InChI=1S/C21H26ClN3O3S/c1-3-23(2)20(17-8-5-4-6-9-17)21(26)24-12-14-25(15-13-24)29(27,28)19-11-7-10-18(22)16-19/h4-11,16,20H,3,12-15H2,1-2H3. The van der Waals surface area contributed by atoms with E-state index in [1.54, 1.807) is 23.1 Å². The average molecular weight is 436 g/mol. The molecule has 1 amide bonds. The quantitative estimate of drug-likeness (QED) is 0.700. The maximum Gasteiger partial charge on any atom is 0.244 e. The second kappa shape index (κ2) is 9.26. The van der Waals surface area contributed by atoms with Gasteiger partial charge in [0.05, 0.1) is 4.90 Å². The summed E-state index contributed by atoms with van der Waals surface area (Å²) in [7, 11) is -1.70. The predicted molar refractivity (Wildman–Crippen MR) is 114 cm³/mol. The smallest absolute Gasteiger partial charge is 0.244 e. The van der Waals surface area contributed by atoms with Crippen molar-refractivity contribution in [3.63, 3.8) is 0 Å². The molecule has 1 atom stereocenters. The number of hydrogen-bond donors (Lipinski definition) is 0. The molecule has 1 aliphatic rings. The Hall–Kier alpha value is -1.93. The topological polar surface area (TPSA) is 60.9 Å². The molecule has 1 saturated heterocycles. The molecule has 1 heterocycles. The zero-order valence-electron chi connectivity index (χ0n) is 16.7. The van der Waals surface area contributed by atoms with E-state index in [0.29, 0.717) is 18.1 Å². The van der Waals surface area contributed by atoms with E-state index < -0.39 is 10.0 Å². The maximum atomic E-state index is 13.3. The van der Waals surface area contributed by atoms with Gasteiger partial charge in [-0.25, -0.2) is 8.42 Å². The van der Waals surface area contributed by atoms with Crippen LogP contribution in [0, 0.1) is 0 Å². The number of sulfonamides is 1. The van der Waals surface area contributed by atoms with Crippen LogP contribution >= 0.6 is 11.6 Å². The molecule has 29 heavy (non-hydrogen) atoms. The molecule has 8 heteroatoms. The minimum Gasteiger partial charge on any atom is -0.338 e. The van der Waals surface area contributed by atoms with Crippen LogP contribution in [0.15, 0.2) is 59.5 Å². The fourth-order valence-electron chi connectivity index (χ4n) is 3.50. The van der Waals surface area contributed by atoms with Crippen LogP contribution in [0.25, 0.3) is 0 Å². The Labute approximate surface area is 177 Å². The highest BCUT2D eigenvalue weighted by molar-refractivity contribution is 7.89. The van der Waals surface area contributed by atoms with Crippen LogP contribution in [-0.2, 0) is 14.8 Å². The summed E-state index contributed by atoms with van der Waals surface area (Å²) in [6.45, 7) is 3.99. The summed E-state index contributed by atoms with van der Waals surface area (Å²) in [4.78, 5) is 17.2. The number of amides is 1. The van der Waals surface area contributed by atoms with Gasteiger partial charge in [-0.05, 0) is 37.4 Å². The van der Waals surface area contributed by atoms with E-state index in [-0.39, 0.29) is 29.9 Å². The lowest BCUT2D eigenvalue weighted by Gasteiger charge is -2.37. The van der Waals surface area contributed by atoms with Gasteiger partial charge in [0.25, 0.3) is 0 Å². The lowest BCUT2D eigenvalue weighted by Crippen LogP contribution is -2.53. The van der Waals surface area contributed by atoms with E-state index >= 15 is 0 Å². The van der Waals surface area contributed by atoms with E-state index in [1.807, 2.05) is 49.2 Å². The highest BCUT2D eigenvalue weighted by Gasteiger charge is 2.34. The Morgan fingerprint density at radius 1 is 1.07 bits per heavy atom. The third kappa shape index (κ3) is 4.80. The molecule has 1 aliphatic heterocycles. The van der Waals surface area contributed by atoms with Crippen LogP contribution in [0.3, 0.4) is 0 Å². The normalized spacial score (nSPS) is 16.8. The van der Waals surface area contributed by atoms with Crippen LogP contribution < -0.4 is 0 Å². The lowest BCUT2D eigenvalue weighted by atomic mass is 10.0. The largest absolute Gasteiger partial charge is 0.338 e. The summed E-state index contributed by atoms with van der Waals surface area (Å²) in [6, 6.07) is 15.6. The number of piperazine rings is 1. The van der Waals surface area contributed by atoms with Crippen molar-refractivity contribution in [2.75, 3.05) is 39.8 Å². The highest BCUT2D eigenvalue weighted by Crippen LogP contribution is 2.25. The van der Waals surface area contributed by atoms with Gasteiger partial charge in [-0.3, -0.25) is 9.69 Å². The van der Waals surface area contributed by atoms with Gasteiger partial charge in [0.15, 0.2) is 0 Å². The Morgan fingerprint density at radius 2 is 1.72 bits per heavy atom. The Kier molecular flexibility index (Phi) is 6.95. The zero-order valence-corrected chi connectivity index (χ0v) is 18.2. The molecule has 156 valence electrons. The number of carbonyl (C=O) groups excluding carboxylic acids is 1. The van der Waals surface area contributed by atoms with Crippen molar-refractivity contribution < 1.29 is 13.2 Å². The molecule has 2 aromatic carbocycles. The first-order chi connectivity index (χ1) is 13.8. The lowest BCUT2D eigenvalue weighted by molar-refractivity contribution is -0.138. The minimum atomic E-state index is -3.63. The molecule has 2 aromatic rings. The average Bonchev–Trinajstić information content (AvgIpc) is 2.74. The number of nitrogens with zero attached hydrogens (tertiary/aromatic N) is 3. The van der Waals surface area contributed by atoms with Gasteiger partial charge in [0.2, 0.25) is 15.9 Å². The number of halogens is 1. The van der Waals surface area contributed by atoms with Crippen molar-refractivity contribution in [1.82, 2.24) is 14.1 Å². The monoisotopic (exact) mass is 435 g/mol. The van der Waals surface area contributed by atoms with Crippen LogP contribution in [-0.4, -0.2) is 68.2 Å². The first-order valence-electron chi connectivity index (χ1n) is 9.64. The summed E-state index contributed by atoms with van der Waals surface area (Å²) in [5.41, 5.74) is 0.941. The van der Waals surface area contributed by atoms with Crippen molar-refractivity contribution >= 4 is 27.5 Å². The van der Waals surface area contributed by atoms with Gasteiger partial charge >= 0.3 is 0 Å². The zero-order chi connectivity index (χ0) is 21.0. The third-order valence-corrected chi connectivity index (χ3v) is 7.40. The number of benzene rings is 2. The van der Waals surface area contributed by atoms with Crippen LogP contribution in [0.1, 0.15) is 18.5 Å². The summed E-state index contributed by atoms with van der Waals surface area (Å²) in [5.74, 6) is 0.000327. The third-order valence-electron chi connectivity index (χ3n) is 5.27. The Bertz CT molecular complexity index is 945. The molecule has 1 fully saturated rings. The van der Waals surface area contributed by atoms with Gasteiger partial charge in [-0.15, -0.1) is 0 Å². The Balaban J connectivity index is 1.73. The molecule has 0 saturated carbocycles. The minimum absolute atomic E-state index is 0.000327. The molecular formula is C21H26ClN3O3S. The van der Waals surface area contributed by atoms with Crippen molar-refractivity contribution in [3.8, 4) is 0 Å². The van der Waals surface area contributed by atoms with E-state index in [9.17, 15) is 13.2 Å². The second-order valence-corrected chi connectivity index (χ2v) is 9.45. The van der Waals surface area contributed by atoms with E-state index in [2.05, 4.69) is 0 Å². The van der Waals surface area contributed by atoms with Crippen molar-refractivity contribution in [3.05, 3.63) is 65.2 Å². The molecule has 6 nitrogen and oxygen atoms in total. The summed E-state index contributed by atoms with van der Waals surface area (Å²) >= 11 is 5.95. The first kappa shape index (κ1) is 21.8. The molecule has 0 aromatic heterocycles. The summed E-state index contributed by atoms with van der Waals surface area (Å²) in [6.07, 6.45) is 0. The molecule has 0 N–H and O–H groups in total. The molecule has 1 unspecified atom stereocenters. The van der Waals surface area contributed by atoms with Gasteiger partial charge in [0.1, 0.15) is 6.04 Å². The van der Waals surface area contributed by atoms with Crippen molar-refractivity contribution in [2.45, 2.75) is 17.9 Å². The fourth-order valence-corrected chi connectivity index (χ4v) is 5.23. The van der Waals surface area contributed by atoms with E-state index in [0.717, 1.165) is 12.1 Å². The number of hydrogen-bond acceptors (Lipinski definition) is 4. The summed E-state index contributed by atoms with van der Waals surface area (Å²) < 4.78 is 27.2. The van der Waals surface area contributed by atoms with Crippen molar-refractivity contribution in [2.24, 2.45) is 0 Å². The highest BCUT2D eigenvalue weighted by atomic mass is 35.5. The second-order valence-electron chi connectivity index (χ2n) is 7.07. The van der Waals surface area contributed by atoms with Crippen LogP contribution in [0.4, 0.5) is 0 Å². The van der Waals surface area contributed by atoms with Crippen molar-refractivity contribution in [1.29, 1.82) is 0 Å². The van der Waals surface area contributed by atoms with Crippen LogP contribution in [0.2, 0.25) is 5.02 Å². The molecule has 0 aliphatic carbocycles. The van der Waals surface area contributed by atoms with Gasteiger partial charge < -0.3 is 4.90 Å².